The molecule has 0 fully saturated rings. The van der Waals surface area contributed by atoms with Gasteiger partial charge in [0.25, 0.3) is 0 Å². The maximum Gasteiger partial charge on any atom is 0.187 e. The molecule has 15 heavy (non-hydrogen) atoms. The van der Waals surface area contributed by atoms with Crippen molar-refractivity contribution in [3.8, 4) is 22.3 Å². The van der Waals surface area contributed by atoms with Crippen LogP contribution in [0.1, 0.15) is 0 Å². The summed E-state index contributed by atoms with van der Waals surface area (Å²) in [6.07, 6.45) is 0. The Kier molecular flexibility index (Phi) is 1.78. The molecule has 0 bridgehead atoms. The number of hydrogen-bond donors (Lipinski definition) is 1. The molecule has 3 rings (SSSR count). The van der Waals surface area contributed by atoms with Crippen molar-refractivity contribution < 1.29 is 8.76 Å². The minimum absolute atomic E-state index is 0.506. The maximum absolute atomic E-state index is 11.1. The van der Waals surface area contributed by atoms with Gasteiger partial charge in [-0.25, -0.2) is 4.21 Å². The molecule has 1 atom stereocenters. The van der Waals surface area contributed by atoms with E-state index in [0.29, 0.717) is 4.90 Å². The minimum atomic E-state index is -1.91. The molecular formula is C12H8O2S. The highest BCUT2D eigenvalue weighted by Gasteiger charge is 2.25. The van der Waals surface area contributed by atoms with E-state index >= 15 is 0 Å². The zero-order valence-corrected chi connectivity index (χ0v) is 8.62. The molecular weight excluding hydrogens is 208 g/mol. The number of hydrogen-bond acceptors (Lipinski definition) is 1. The van der Waals surface area contributed by atoms with E-state index in [0.717, 1.165) is 16.7 Å². The highest BCUT2D eigenvalue weighted by atomic mass is 32.2. The van der Waals surface area contributed by atoms with Gasteiger partial charge in [0.1, 0.15) is 0 Å². The summed E-state index contributed by atoms with van der Waals surface area (Å²) in [6.45, 7) is 0. The summed E-state index contributed by atoms with van der Waals surface area (Å²) in [4.78, 5) is 0.506. The van der Waals surface area contributed by atoms with Crippen LogP contribution in [-0.4, -0.2) is 8.76 Å². The molecule has 2 nitrogen and oxygen atoms in total. The number of fused-ring (bicyclic) bond motifs is 4. The second-order valence-corrected chi connectivity index (χ2v) is 4.41. The molecule has 0 aliphatic heterocycles. The third-order valence-electron chi connectivity index (χ3n) is 2.70. The summed E-state index contributed by atoms with van der Waals surface area (Å²) in [5.41, 5.74) is 4.24. The van der Waals surface area contributed by atoms with Crippen LogP contribution in [0.3, 0.4) is 0 Å². The van der Waals surface area contributed by atoms with E-state index in [9.17, 15) is 4.21 Å². The first kappa shape index (κ1) is 8.83. The van der Waals surface area contributed by atoms with Crippen LogP contribution in [0.4, 0.5) is 0 Å². The molecule has 0 radical (unpaired) electrons. The van der Waals surface area contributed by atoms with Crippen LogP contribution < -0.4 is 0 Å². The summed E-state index contributed by atoms with van der Waals surface area (Å²) in [5.74, 6) is 0. The Morgan fingerprint density at radius 1 is 0.867 bits per heavy atom. The van der Waals surface area contributed by atoms with Crippen LogP contribution >= 0.6 is 0 Å². The highest BCUT2D eigenvalue weighted by molar-refractivity contribution is 7.79. The molecule has 1 unspecified atom stereocenters. The monoisotopic (exact) mass is 216 g/mol. The molecule has 1 aliphatic carbocycles. The molecule has 0 amide bonds. The van der Waals surface area contributed by atoms with Gasteiger partial charge in [-0.3, -0.25) is 0 Å². The Balaban J connectivity index is 2.30. The summed E-state index contributed by atoms with van der Waals surface area (Å²) in [6, 6.07) is 13.4. The van der Waals surface area contributed by atoms with Crippen molar-refractivity contribution in [3.05, 3.63) is 42.5 Å². The smallest absolute Gasteiger partial charge is 0.187 e. The van der Waals surface area contributed by atoms with Crippen molar-refractivity contribution in [1.82, 2.24) is 0 Å². The SMILES string of the molecule is O=S(O)c1cccc2c1-c1ccccc1-2. The van der Waals surface area contributed by atoms with Crippen molar-refractivity contribution in [2.75, 3.05) is 0 Å². The Morgan fingerprint density at radius 2 is 1.53 bits per heavy atom. The van der Waals surface area contributed by atoms with E-state index in [1.165, 1.54) is 5.56 Å². The largest absolute Gasteiger partial charge is 0.302 e. The molecule has 3 heteroatoms. The van der Waals surface area contributed by atoms with Crippen molar-refractivity contribution in [2.24, 2.45) is 0 Å². The normalized spacial score (nSPS) is 13.7. The van der Waals surface area contributed by atoms with Gasteiger partial charge in [0, 0.05) is 5.56 Å². The van der Waals surface area contributed by atoms with E-state index in [-0.39, 0.29) is 0 Å². The van der Waals surface area contributed by atoms with Gasteiger partial charge in [-0.05, 0) is 22.8 Å². The second kappa shape index (κ2) is 3.02. The van der Waals surface area contributed by atoms with E-state index in [1.807, 2.05) is 36.4 Å². The van der Waals surface area contributed by atoms with Gasteiger partial charge in [0.2, 0.25) is 0 Å². The standard InChI is InChI=1S/C12H8O2S/c13-15(14)11-7-3-6-10-8-4-1-2-5-9(8)12(10)11/h1-7H,(H,13,14). The van der Waals surface area contributed by atoms with Crippen molar-refractivity contribution in [3.63, 3.8) is 0 Å². The topological polar surface area (TPSA) is 37.3 Å². The molecule has 0 aromatic heterocycles. The van der Waals surface area contributed by atoms with Crippen LogP contribution in [0.5, 0.6) is 0 Å². The molecule has 0 saturated carbocycles. The third kappa shape index (κ3) is 1.11. The first-order valence-electron chi connectivity index (χ1n) is 4.62. The number of benzene rings is 2. The average Bonchev–Trinajstić information content (AvgIpc) is 2.24. The molecule has 0 saturated heterocycles. The average molecular weight is 216 g/mol. The molecule has 74 valence electrons. The quantitative estimate of drug-likeness (QED) is 0.635. The van der Waals surface area contributed by atoms with E-state index in [4.69, 9.17) is 4.55 Å². The summed E-state index contributed by atoms with van der Waals surface area (Å²) in [5, 5.41) is 0. The van der Waals surface area contributed by atoms with Gasteiger partial charge in [0.05, 0.1) is 4.90 Å². The second-order valence-electron chi connectivity index (χ2n) is 3.47. The fourth-order valence-electron chi connectivity index (χ4n) is 2.05. The summed E-state index contributed by atoms with van der Waals surface area (Å²) in [7, 11) is 0. The predicted octanol–water partition coefficient (Wildman–Crippen LogP) is 2.91. The summed E-state index contributed by atoms with van der Waals surface area (Å²) < 4.78 is 20.3. The summed E-state index contributed by atoms with van der Waals surface area (Å²) >= 11 is -1.91. The molecule has 0 spiro atoms. The Hall–Kier alpha value is -1.45. The number of rotatable bonds is 1. The first-order valence-corrected chi connectivity index (χ1v) is 5.73. The van der Waals surface area contributed by atoms with Crippen LogP contribution in [-0.2, 0) is 11.1 Å². The Labute approximate surface area is 89.9 Å². The van der Waals surface area contributed by atoms with Crippen molar-refractivity contribution >= 4 is 11.1 Å². The van der Waals surface area contributed by atoms with Gasteiger partial charge in [-0.2, -0.15) is 0 Å². The molecule has 0 heterocycles. The van der Waals surface area contributed by atoms with Crippen molar-refractivity contribution in [1.29, 1.82) is 0 Å². The van der Waals surface area contributed by atoms with Crippen LogP contribution in [0.25, 0.3) is 22.3 Å². The van der Waals surface area contributed by atoms with E-state index in [2.05, 4.69) is 0 Å². The lowest BCUT2D eigenvalue weighted by Crippen LogP contribution is -2.03. The zero-order valence-electron chi connectivity index (χ0n) is 7.81. The Bertz CT molecular complexity index is 576. The van der Waals surface area contributed by atoms with E-state index < -0.39 is 11.1 Å². The van der Waals surface area contributed by atoms with Crippen molar-refractivity contribution in [2.45, 2.75) is 4.90 Å². The van der Waals surface area contributed by atoms with Gasteiger partial charge >= 0.3 is 0 Å². The fraction of sp³-hybridized carbons (Fsp3) is 0. The van der Waals surface area contributed by atoms with Crippen LogP contribution in [0.2, 0.25) is 0 Å². The van der Waals surface area contributed by atoms with Gasteiger partial charge in [-0.1, -0.05) is 36.4 Å². The Morgan fingerprint density at radius 3 is 2.27 bits per heavy atom. The lowest BCUT2D eigenvalue weighted by atomic mass is 9.81. The van der Waals surface area contributed by atoms with Gasteiger partial charge < -0.3 is 4.55 Å². The molecule has 1 N–H and O–H groups in total. The van der Waals surface area contributed by atoms with E-state index in [1.54, 1.807) is 6.07 Å². The van der Waals surface area contributed by atoms with Gasteiger partial charge in [-0.15, -0.1) is 0 Å². The highest BCUT2D eigenvalue weighted by Crippen LogP contribution is 2.49. The van der Waals surface area contributed by atoms with Crippen LogP contribution in [0, 0.1) is 0 Å². The maximum atomic E-state index is 11.1. The minimum Gasteiger partial charge on any atom is -0.302 e. The lowest BCUT2D eigenvalue weighted by Gasteiger charge is -2.25. The van der Waals surface area contributed by atoms with Gasteiger partial charge in [0.15, 0.2) is 11.1 Å². The molecule has 2 aromatic rings. The predicted molar refractivity (Wildman–Crippen MR) is 59.9 cm³/mol. The zero-order chi connectivity index (χ0) is 10.4. The fourth-order valence-corrected chi connectivity index (χ4v) is 2.64. The molecule has 1 aliphatic rings. The third-order valence-corrected chi connectivity index (χ3v) is 3.42. The first-order chi connectivity index (χ1) is 7.29. The van der Waals surface area contributed by atoms with Crippen LogP contribution in [0.15, 0.2) is 47.4 Å². The molecule has 2 aromatic carbocycles. The lowest BCUT2D eigenvalue weighted by molar-refractivity contribution is 0.564.